The molecule has 1 N–H and O–H groups in total. The van der Waals surface area contributed by atoms with E-state index in [1.165, 1.54) is 23.1 Å². The maximum Gasteiger partial charge on any atom is 0.328 e. The van der Waals surface area contributed by atoms with E-state index in [4.69, 9.17) is 0 Å². The lowest BCUT2D eigenvalue weighted by atomic mass is 10.00. The first-order chi connectivity index (χ1) is 11.5. The number of hydrogen-bond donors (Lipinski definition) is 1. The van der Waals surface area contributed by atoms with Gasteiger partial charge in [0.1, 0.15) is 6.04 Å². The number of rotatable bonds is 6. The Kier molecular flexibility index (Phi) is 8.79. The van der Waals surface area contributed by atoms with E-state index in [1.807, 2.05) is 13.8 Å². The second-order valence-electron chi connectivity index (χ2n) is 5.46. The first kappa shape index (κ1) is 19.9. The van der Waals surface area contributed by atoms with E-state index in [0.717, 1.165) is 6.42 Å². The quantitative estimate of drug-likeness (QED) is 0.634. The minimum absolute atomic E-state index is 0.0997. The van der Waals surface area contributed by atoms with Crippen LogP contribution in [0.15, 0.2) is 41.8 Å². The molecule has 1 heterocycles. The predicted octanol–water partition coefficient (Wildman–Crippen LogP) is 4.04. The van der Waals surface area contributed by atoms with Crippen molar-refractivity contribution in [2.45, 2.75) is 33.2 Å². The fourth-order valence-corrected chi connectivity index (χ4v) is 3.00. The molecule has 0 bridgehead atoms. The van der Waals surface area contributed by atoms with Crippen molar-refractivity contribution in [2.24, 2.45) is 5.92 Å². The number of ether oxygens (including phenoxy) is 1. The van der Waals surface area contributed by atoms with Crippen molar-refractivity contribution in [1.82, 2.24) is 5.32 Å². The summed E-state index contributed by atoms with van der Waals surface area (Å²) in [5.74, 6) is -0.293. The molecule has 0 aliphatic carbocycles. The van der Waals surface area contributed by atoms with Crippen molar-refractivity contribution < 1.29 is 14.3 Å². The Hall–Kier alpha value is -2.14. The van der Waals surface area contributed by atoms with E-state index < -0.39 is 12.0 Å². The average Bonchev–Trinajstić information content (AvgIpc) is 3.13. The number of carbonyl (C=O) groups excluding carboxylic acids is 2. The molecule has 1 unspecified atom stereocenters. The van der Waals surface area contributed by atoms with Crippen molar-refractivity contribution in [2.75, 3.05) is 7.11 Å². The summed E-state index contributed by atoms with van der Waals surface area (Å²) in [6, 6.07) is 12.2. The molecule has 0 aliphatic heterocycles. The molecule has 2 rings (SSSR count). The molecule has 1 aromatic heterocycles. The van der Waals surface area contributed by atoms with Gasteiger partial charge in [-0.15, -0.1) is 11.3 Å². The number of nitrogens with one attached hydrogen (secondary N) is 1. The number of aryl methyl sites for hydroxylation is 1. The predicted molar refractivity (Wildman–Crippen MR) is 99.0 cm³/mol. The molecule has 2 atom stereocenters. The third-order valence-corrected chi connectivity index (χ3v) is 4.75. The lowest BCUT2D eigenvalue weighted by molar-refractivity contribution is -0.145. The van der Waals surface area contributed by atoms with E-state index in [2.05, 4.69) is 58.8 Å². The highest BCUT2D eigenvalue weighted by atomic mass is 32.1. The Labute approximate surface area is 147 Å². The number of carbonyl (C=O) groups is 2. The summed E-state index contributed by atoms with van der Waals surface area (Å²) in [7, 11) is 1.31. The van der Waals surface area contributed by atoms with Gasteiger partial charge < -0.3 is 10.1 Å². The van der Waals surface area contributed by atoms with Gasteiger partial charge in [0.2, 0.25) is 6.41 Å². The maximum absolute atomic E-state index is 11.1. The standard InChI is InChI=1S/C11H10S.C8H15NO3/c1-9-5-2-3-6-10(9)11-7-4-8-12-11;1-4-6(2)7(9-5-10)8(11)12-3/h2-8H,1H3;5-7H,4H2,1-3H3,(H,9,10)/t;6?,7-/m.0/s1. The third kappa shape index (κ3) is 5.81. The second-order valence-corrected chi connectivity index (χ2v) is 6.41. The average molecular weight is 347 g/mol. The van der Waals surface area contributed by atoms with Gasteiger partial charge in [0.25, 0.3) is 0 Å². The summed E-state index contributed by atoms with van der Waals surface area (Å²) >= 11 is 1.79. The van der Waals surface area contributed by atoms with Crippen LogP contribution in [0.5, 0.6) is 0 Å². The summed E-state index contributed by atoms with van der Waals surface area (Å²) in [6.45, 7) is 5.99. The smallest absolute Gasteiger partial charge is 0.328 e. The number of hydrogen-bond acceptors (Lipinski definition) is 4. The molecule has 0 fully saturated rings. The lowest BCUT2D eigenvalue weighted by Gasteiger charge is -2.19. The van der Waals surface area contributed by atoms with Crippen LogP contribution in [0.4, 0.5) is 0 Å². The van der Waals surface area contributed by atoms with Gasteiger partial charge >= 0.3 is 5.97 Å². The minimum atomic E-state index is -0.516. The van der Waals surface area contributed by atoms with Crippen LogP contribution in [0.1, 0.15) is 25.8 Å². The summed E-state index contributed by atoms with van der Waals surface area (Å²) in [5, 5.41) is 4.54. The van der Waals surface area contributed by atoms with Gasteiger partial charge in [-0.05, 0) is 35.4 Å². The maximum atomic E-state index is 11.1. The molecule has 0 aliphatic rings. The molecule has 130 valence electrons. The van der Waals surface area contributed by atoms with Crippen molar-refractivity contribution >= 4 is 23.7 Å². The number of esters is 1. The van der Waals surface area contributed by atoms with Gasteiger partial charge in [-0.25, -0.2) is 4.79 Å². The molecule has 4 nitrogen and oxygen atoms in total. The zero-order valence-corrected chi connectivity index (χ0v) is 15.4. The van der Waals surface area contributed by atoms with Crippen LogP contribution < -0.4 is 5.32 Å². The highest BCUT2D eigenvalue weighted by Crippen LogP contribution is 2.26. The van der Waals surface area contributed by atoms with Crippen LogP contribution in [-0.2, 0) is 14.3 Å². The monoisotopic (exact) mass is 347 g/mol. The first-order valence-corrected chi connectivity index (χ1v) is 8.80. The first-order valence-electron chi connectivity index (χ1n) is 7.92. The Balaban J connectivity index is 0.000000240. The molecule has 0 radical (unpaired) electrons. The molecule has 0 saturated heterocycles. The Morgan fingerprint density at radius 2 is 2.00 bits per heavy atom. The third-order valence-electron chi connectivity index (χ3n) is 3.85. The molecule has 24 heavy (non-hydrogen) atoms. The van der Waals surface area contributed by atoms with Gasteiger partial charge in [-0.3, -0.25) is 4.79 Å². The fraction of sp³-hybridized carbons (Fsp3) is 0.368. The number of methoxy groups -OCH3 is 1. The van der Waals surface area contributed by atoms with Gasteiger partial charge in [0, 0.05) is 4.88 Å². The normalized spacial score (nSPS) is 12.3. The summed E-state index contributed by atoms with van der Waals surface area (Å²) in [4.78, 5) is 22.6. The molecule has 0 spiro atoms. The van der Waals surface area contributed by atoms with Crippen LogP contribution in [0.25, 0.3) is 10.4 Å². The molecular weight excluding hydrogens is 322 g/mol. The van der Waals surface area contributed by atoms with Gasteiger partial charge in [0.05, 0.1) is 7.11 Å². The largest absolute Gasteiger partial charge is 0.467 e. The number of thiophene rings is 1. The summed E-state index contributed by atoms with van der Waals surface area (Å²) in [6.07, 6.45) is 1.34. The van der Waals surface area contributed by atoms with E-state index in [9.17, 15) is 9.59 Å². The summed E-state index contributed by atoms with van der Waals surface area (Å²) in [5.41, 5.74) is 2.70. The van der Waals surface area contributed by atoms with Gasteiger partial charge in [0.15, 0.2) is 0 Å². The van der Waals surface area contributed by atoms with E-state index in [-0.39, 0.29) is 5.92 Å². The van der Waals surface area contributed by atoms with Gasteiger partial charge in [-0.1, -0.05) is 50.6 Å². The van der Waals surface area contributed by atoms with Crippen molar-refractivity contribution in [3.05, 3.63) is 47.3 Å². The van der Waals surface area contributed by atoms with Crippen LogP contribution in [0, 0.1) is 12.8 Å². The van der Waals surface area contributed by atoms with Crippen LogP contribution >= 0.6 is 11.3 Å². The number of amides is 1. The second kappa shape index (κ2) is 10.6. The zero-order chi connectivity index (χ0) is 17.9. The van der Waals surface area contributed by atoms with E-state index in [0.29, 0.717) is 6.41 Å². The highest BCUT2D eigenvalue weighted by Gasteiger charge is 2.23. The highest BCUT2D eigenvalue weighted by molar-refractivity contribution is 7.13. The van der Waals surface area contributed by atoms with Gasteiger partial charge in [-0.2, -0.15) is 0 Å². The Bertz CT molecular complexity index is 625. The molecule has 0 saturated carbocycles. The lowest BCUT2D eigenvalue weighted by Crippen LogP contribution is -2.41. The van der Waals surface area contributed by atoms with Crippen molar-refractivity contribution in [1.29, 1.82) is 0 Å². The molecule has 1 amide bonds. The summed E-state index contributed by atoms with van der Waals surface area (Å²) < 4.78 is 4.53. The number of benzene rings is 1. The zero-order valence-electron chi connectivity index (χ0n) is 14.6. The Morgan fingerprint density at radius 3 is 2.50 bits per heavy atom. The minimum Gasteiger partial charge on any atom is -0.467 e. The molecule has 1 aromatic carbocycles. The van der Waals surface area contributed by atoms with E-state index >= 15 is 0 Å². The SMILES string of the molecule is CCC(C)[C@H](NC=O)C(=O)OC.Cc1ccccc1-c1cccs1. The molecule has 2 aromatic rings. The van der Waals surface area contributed by atoms with Crippen LogP contribution in [0.2, 0.25) is 0 Å². The fourth-order valence-electron chi connectivity index (χ4n) is 2.18. The topological polar surface area (TPSA) is 55.4 Å². The van der Waals surface area contributed by atoms with Crippen molar-refractivity contribution in [3.8, 4) is 10.4 Å². The van der Waals surface area contributed by atoms with E-state index in [1.54, 1.807) is 11.3 Å². The molecular formula is C19H25NO3S. The van der Waals surface area contributed by atoms with Crippen LogP contribution in [0.3, 0.4) is 0 Å². The van der Waals surface area contributed by atoms with Crippen molar-refractivity contribution in [3.63, 3.8) is 0 Å². The Morgan fingerprint density at radius 1 is 1.29 bits per heavy atom. The molecule has 5 heteroatoms. The van der Waals surface area contributed by atoms with Crippen LogP contribution in [-0.4, -0.2) is 25.5 Å².